The lowest BCUT2D eigenvalue weighted by Gasteiger charge is -2.27. The zero-order valence-electron chi connectivity index (χ0n) is 9.93. The maximum atomic E-state index is 13.5. The molecule has 0 aliphatic rings. The highest BCUT2D eigenvalue weighted by atomic mass is 35.5. The van der Waals surface area contributed by atoms with Crippen LogP contribution in [0, 0.1) is 12.7 Å². The Labute approximate surface area is 101 Å². The fourth-order valence-corrected chi connectivity index (χ4v) is 1.93. The Bertz CT molecular complexity index is 368. The quantitative estimate of drug-likeness (QED) is 0.883. The zero-order chi connectivity index (χ0) is 12.3. The molecule has 1 rings (SSSR count). The SMILES string of the molecule is Cc1cc(Cl)c(N(C)C(C)CCN)cc1F. The first kappa shape index (κ1) is 13.3. The third-order valence-corrected chi connectivity index (χ3v) is 3.16. The molecule has 1 aromatic carbocycles. The van der Waals surface area contributed by atoms with Gasteiger partial charge in [-0.1, -0.05) is 11.6 Å². The third-order valence-electron chi connectivity index (χ3n) is 2.85. The zero-order valence-corrected chi connectivity index (χ0v) is 10.7. The monoisotopic (exact) mass is 244 g/mol. The van der Waals surface area contributed by atoms with Crippen molar-refractivity contribution >= 4 is 17.3 Å². The van der Waals surface area contributed by atoms with E-state index in [4.69, 9.17) is 17.3 Å². The van der Waals surface area contributed by atoms with E-state index in [0.717, 1.165) is 6.42 Å². The van der Waals surface area contributed by atoms with E-state index in [9.17, 15) is 4.39 Å². The van der Waals surface area contributed by atoms with Crippen molar-refractivity contribution in [3.8, 4) is 0 Å². The molecule has 0 bridgehead atoms. The van der Waals surface area contributed by atoms with Crippen molar-refractivity contribution in [2.75, 3.05) is 18.5 Å². The van der Waals surface area contributed by atoms with Gasteiger partial charge in [-0.05, 0) is 44.5 Å². The van der Waals surface area contributed by atoms with Crippen LogP contribution in [-0.2, 0) is 0 Å². The van der Waals surface area contributed by atoms with E-state index in [1.807, 2.05) is 18.9 Å². The largest absolute Gasteiger partial charge is 0.371 e. The normalized spacial score (nSPS) is 12.6. The fourth-order valence-electron chi connectivity index (χ4n) is 1.58. The van der Waals surface area contributed by atoms with Gasteiger partial charge in [0.05, 0.1) is 10.7 Å². The van der Waals surface area contributed by atoms with Crippen LogP contribution in [0.4, 0.5) is 10.1 Å². The predicted molar refractivity (Wildman–Crippen MR) is 67.7 cm³/mol. The minimum atomic E-state index is -0.230. The molecular formula is C12H18ClFN2. The Morgan fingerprint density at radius 2 is 2.12 bits per heavy atom. The number of benzene rings is 1. The lowest BCUT2D eigenvalue weighted by molar-refractivity contribution is 0.609. The van der Waals surface area contributed by atoms with E-state index in [0.29, 0.717) is 22.8 Å². The molecule has 2 nitrogen and oxygen atoms in total. The molecule has 0 saturated heterocycles. The highest BCUT2D eigenvalue weighted by molar-refractivity contribution is 6.33. The van der Waals surface area contributed by atoms with E-state index < -0.39 is 0 Å². The summed E-state index contributed by atoms with van der Waals surface area (Å²) in [5.41, 5.74) is 6.78. The molecule has 90 valence electrons. The Hall–Kier alpha value is -0.800. The number of aryl methyl sites for hydroxylation is 1. The average Bonchev–Trinajstić information content (AvgIpc) is 2.23. The second-order valence-corrected chi connectivity index (χ2v) is 4.50. The summed E-state index contributed by atoms with van der Waals surface area (Å²) in [7, 11) is 1.90. The summed E-state index contributed by atoms with van der Waals surface area (Å²) in [6.07, 6.45) is 0.850. The standard InChI is InChI=1S/C12H18ClFN2/c1-8-6-10(13)12(7-11(8)14)16(3)9(2)4-5-15/h6-7,9H,4-5,15H2,1-3H3. The molecule has 0 heterocycles. The van der Waals surface area contributed by atoms with Gasteiger partial charge >= 0.3 is 0 Å². The third kappa shape index (κ3) is 2.86. The van der Waals surface area contributed by atoms with Gasteiger partial charge in [0.15, 0.2) is 0 Å². The molecule has 0 spiro atoms. The summed E-state index contributed by atoms with van der Waals surface area (Å²) in [5.74, 6) is -0.230. The number of anilines is 1. The molecule has 1 atom stereocenters. The van der Waals surface area contributed by atoms with Crippen molar-refractivity contribution < 1.29 is 4.39 Å². The minimum Gasteiger partial charge on any atom is -0.371 e. The molecule has 16 heavy (non-hydrogen) atoms. The molecule has 1 aromatic rings. The van der Waals surface area contributed by atoms with Crippen molar-refractivity contribution in [3.63, 3.8) is 0 Å². The number of hydrogen-bond donors (Lipinski definition) is 1. The maximum Gasteiger partial charge on any atom is 0.128 e. The first-order valence-electron chi connectivity index (χ1n) is 5.36. The highest BCUT2D eigenvalue weighted by Gasteiger charge is 2.14. The summed E-state index contributed by atoms with van der Waals surface area (Å²) in [6, 6.07) is 3.37. The van der Waals surface area contributed by atoms with Gasteiger partial charge in [-0.15, -0.1) is 0 Å². The summed E-state index contributed by atoms with van der Waals surface area (Å²) < 4.78 is 13.5. The average molecular weight is 245 g/mol. The molecule has 0 saturated carbocycles. The van der Waals surface area contributed by atoms with Gasteiger partial charge in [0, 0.05) is 13.1 Å². The van der Waals surface area contributed by atoms with Crippen LogP contribution in [0.2, 0.25) is 5.02 Å². The van der Waals surface area contributed by atoms with Gasteiger partial charge in [-0.3, -0.25) is 0 Å². The molecule has 0 aliphatic carbocycles. The molecule has 4 heteroatoms. The van der Waals surface area contributed by atoms with Crippen LogP contribution in [0.1, 0.15) is 18.9 Å². The first-order chi connectivity index (χ1) is 7.47. The van der Waals surface area contributed by atoms with Gasteiger partial charge in [0.25, 0.3) is 0 Å². The van der Waals surface area contributed by atoms with E-state index in [2.05, 4.69) is 0 Å². The Kier molecular flexibility index (Phi) is 4.56. The maximum absolute atomic E-state index is 13.5. The topological polar surface area (TPSA) is 29.3 Å². The predicted octanol–water partition coefficient (Wildman–Crippen LogP) is 2.96. The van der Waals surface area contributed by atoms with Crippen molar-refractivity contribution in [1.82, 2.24) is 0 Å². The van der Waals surface area contributed by atoms with Gasteiger partial charge in [-0.25, -0.2) is 4.39 Å². The molecule has 1 unspecified atom stereocenters. The smallest absolute Gasteiger partial charge is 0.128 e. The summed E-state index contributed by atoms with van der Waals surface area (Å²) in [5, 5.41) is 0.574. The van der Waals surface area contributed by atoms with Crippen LogP contribution in [0.25, 0.3) is 0 Å². The number of hydrogen-bond acceptors (Lipinski definition) is 2. The number of nitrogens with zero attached hydrogens (tertiary/aromatic N) is 1. The molecular weight excluding hydrogens is 227 g/mol. The lowest BCUT2D eigenvalue weighted by atomic mass is 10.1. The molecule has 0 fully saturated rings. The van der Waals surface area contributed by atoms with Gasteiger partial charge in [0.1, 0.15) is 5.82 Å². The van der Waals surface area contributed by atoms with Crippen LogP contribution in [-0.4, -0.2) is 19.6 Å². The second kappa shape index (κ2) is 5.51. The van der Waals surface area contributed by atoms with E-state index in [1.54, 1.807) is 13.0 Å². The summed E-state index contributed by atoms with van der Waals surface area (Å²) in [4.78, 5) is 1.96. The van der Waals surface area contributed by atoms with E-state index in [1.165, 1.54) is 6.07 Å². The van der Waals surface area contributed by atoms with Crippen LogP contribution in [0.5, 0.6) is 0 Å². The molecule has 0 aromatic heterocycles. The number of halogens is 2. The van der Waals surface area contributed by atoms with Crippen LogP contribution in [0.15, 0.2) is 12.1 Å². The van der Waals surface area contributed by atoms with Crippen molar-refractivity contribution in [3.05, 3.63) is 28.5 Å². The summed E-state index contributed by atoms with van der Waals surface area (Å²) >= 11 is 6.10. The fraction of sp³-hybridized carbons (Fsp3) is 0.500. The lowest BCUT2D eigenvalue weighted by Crippen LogP contribution is -2.31. The Morgan fingerprint density at radius 1 is 1.50 bits per heavy atom. The Balaban J connectivity index is 2.99. The molecule has 0 radical (unpaired) electrons. The van der Waals surface area contributed by atoms with E-state index >= 15 is 0 Å². The van der Waals surface area contributed by atoms with Crippen molar-refractivity contribution in [1.29, 1.82) is 0 Å². The van der Waals surface area contributed by atoms with Crippen LogP contribution < -0.4 is 10.6 Å². The molecule has 0 aliphatic heterocycles. The van der Waals surface area contributed by atoms with Crippen molar-refractivity contribution in [2.45, 2.75) is 26.3 Å². The Morgan fingerprint density at radius 3 is 2.69 bits per heavy atom. The van der Waals surface area contributed by atoms with Gasteiger partial charge in [-0.2, -0.15) is 0 Å². The first-order valence-corrected chi connectivity index (χ1v) is 5.73. The molecule has 0 amide bonds. The molecule has 2 N–H and O–H groups in total. The second-order valence-electron chi connectivity index (χ2n) is 4.09. The highest BCUT2D eigenvalue weighted by Crippen LogP contribution is 2.29. The number of rotatable bonds is 4. The summed E-state index contributed by atoms with van der Waals surface area (Å²) in [6.45, 7) is 4.35. The van der Waals surface area contributed by atoms with Crippen LogP contribution >= 0.6 is 11.6 Å². The van der Waals surface area contributed by atoms with Gasteiger partial charge in [0.2, 0.25) is 0 Å². The number of nitrogens with two attached hydrogens (primary N) is 1. The van der Waals surface area contributed by atoms with Crippen molar-refractivity contribution in [2.24, 2.45) is 5.73 Å². The minimum absolute atomic E-state index is 0.230. The van der Waals surface area contributed by atoms with E-state index in [-0.39, 0.29) is 11.9 Å². The van der Waals surface area contributed by atoms with Crippen LogP contribution in [0.3, 0.4) is 0 Å². The van der Waals surface area contributed by atoms with Gasteiger partial charge < -0.3 is 10.6 Å².